The Bertz CT molecular complexity index is 224. The molecule has 0 aromatic carbocycles. The number of hydrogen-bond acceptors (Lipinski definition) is 3. The van der Waals surface area contributed by atoms with Crippen molar-refractivity contribution in [1.82, 2.24) is 14.7 Å². The molecule has 0 aromatic heterocycles. The van der Waals surface area contributed by atoms with Crippen molar-refractivity contribution >= 4 is 0 Å². The maximum absolute atomic E-state index is 2.64. The third-order valence-corrected chi connectivity index (χ3v) is 4.37. The lowest BCUT2D eigenvalue weighted by atomic mass is 10.2. The van der Waals surface area contributed by atoms with Crippen molar-refractivity contribution in [3.05, 3.63) is 0 Å². The average Bonchev–Trinajstić information content (AvgIpc) is 2.30. The molecule has 2 fully saturated rings. The molecule has 4 heteroatoms. The molecule has 2 aliphatic heterocycles. The zero-order valence-electron chi connectivity index (χ0n) is 11.9. The molecule has 0 N–H and O–H groups in total. The predicted molar refractivity (Wildman–Crippen MR) is 72.2 cm³/mol. The molecule has 0 unspecified atom stereocenters. The maximum Gasteiger partial charge on any atom is 0.0912 e. The first-order valence-electron chi connectivity index (χ1n) is 7.00. The molecule has 0 aliphatic carbocycles. The van der Waals surface area contributed by atoms with Gasteiger partial charge in [0.1, 0.15) is 0 Å². The van der Waals surface area contributed by atoms with Crippen molar-refractivity contribution in [1.29, 1.82) is 0 Å². The Kier molecular flexibility index (Phi) is 4.42. The molecule has 2 heterocycles. The van der Waals surface area contributed by atoms with E-state index in [0.29, 0.717) is 0 Å². The fourth-order valence-electron chi connectivity index (χ4n) is 2.63. The second kappa shape index (κ2) is 5.65. The van der Waals surface area contributed by atoms with E-state index >= 15 is 0 Å². The van der Waals surface area contributed by atoms with Crippen LogP contribution in [-0.4, -0.2) is 106 Å². The summed E-state index contributed by atoms with van der Waals surface area (Å²) in [6, 6.07) is 0. The van der Waals surface area contributed by atoms with Crippen LogP contribution in [0.5, 0.6) is 0 Å². The third kappa shape index (κ3) is 4.21. The van der Waals surface area contributed by atoms with Gasteiger partial charge in [-0.15, -0.1) is 0 Å². The molecule has 2 aliphatic rings. The third-order valence-electron chi connectivity index (χ3n) is 4.37. The van der Waals surface area contributed by atoms with E-state index in [9.17, 15) is 0 Å². The van der Waals surface area contributed by atoms with Gasteiger partial charge in [-0.05, 0) is 7.05 Å². The summed E-state index contributed by atoms with van der Waals surface area (Å²) in [6.07, 6.45) is 0. The highest BCUT2D eigenvalue weighted by Crippen LogP contribution is 2.07. The summed E-state index contributed by atoms with van der Waals surface area (Å²) in [7, 11) is 6.91. The number of nitrogens with zero attached hydrogens (tertiary/aromatic N) is 4. The molecule has 0 amide bonds. The fraction of sp³-hybridized carbons (Fsp3) is 1.00. The van der Waals surface area contributed by atoms with Crippen molar-refractivity contribution in [3.8, 4) is 0 Å². The molecule has 100 valence electrons. The summed E-state index contributed by atoms with van der Waals surface area (Å²) in [5, 5.41) is 0. The Morgan fingerprint density at radius 2 is 1.24 bits per heavy atom. The van der Waals surface area contributed by atoms with Crippen LogP contribution in [0.3, 0.4) is 0 Å². The van der Waals surface area contributed by atoms with Gasteiger partial charge in [-0.3, -0.25) is 9.80 Å². The van der Waals surface area contributed by atoms with Crippen LogP contribution in [0, 0.1) is 0 Å². The molecule has 4 nitrogen and oxygen atoms in total. The molecule has 2 rings (SSSR count). The minimum Gasteiger partial charge on any atom is -0.326 e. The van der Waals surface area contributed by atoms with Crippen LogP contribution in [0.15, 0.2) is 0 Å². The van der Waals surface area contributed by atoms with Crippen LogP contribution >= 0.6 is 0 Å². The maximum atomic E-state index is 2.64. The zero-order valence-corrected chi connectivity index (χ0v) is 11.9. The Labute approximate surface area is 106 Å². The van der Waals surface area contributed by atoms with Gasteiger partial charge < -0.3 is 9.38 Å². The second-order valence-electron chi connectivity index (χ2n) is 6.37. The lowest BCUT2D eigenvalue weighted by Gasteiger charge is -2.40. The van der Waals surface area contributed by atoms with Gasteiger partial charge in [-0.25, -0.2) is 0 Å². The van der Waals surface area contributed by atoms with Gasteiger partial charge in [-0.2, -0.15) is 0 Å². The molecular formula is C13H29N4+. The van der Waals surface area contributed by atoms with E-state index in [1.807, 2.05) is 0 Å². The molecule has 0 saturated carbocycles. The van der Waals surface area contributed by atoms with Gasteiger partial charge in [0.05, 0.1) is 27.2 Å². The molecular weight excluding hydrogens is 212 g/mol. The number of quaternary nitrogens is 1. The highest BCUT2D eigenvalue weighted by Gasteiger charge is 2.24. The fourth-order valence-corrected chi connectivity index (χ4v) is 2.63. The first kappa shape index (κ1) is 13.3. The summed E-state index contributed by atoms with van der Waals surface area (Å²) in [5.41, 5.74) is 0. The van der Waals surface area contributed by atoms with E-state index in [0.717, 1.165) is 0 Å². The van der Waals surface area contributed by atoms with Gasteiger partial charge in [-0.1, -0.05) is 0 Å². The van der Waals surface area contributed by atoms with Crippen LogP contribution in [0.2, 0.25) is 0 Å². The van der Waals surface area contributed by atoms with Crippen LogP contribution in [-0.2, 0) is 0 Å². The quantitative estimate of drug-likeness (QED) is 0.624. The first-order chi connectivity index (χ1) is 8.05. The zero-order chi connectivity index (χ0) is 12.3. The van der Waals surface area contributed by atoms with Gasteiger partial charge in [0, 0.05) is 52.4 Å². The second-order valence-corrected chi connectivity index (χ2v) is 6.37. The van der Waals surface area contributed by atoms with E-state index in [1.54, 1.807) is 0 Å². The lowest BCUT2D eigenvalue weighted by Crippen LogP contribution is -2.56. The number of hydrogen-bond donors (Lipinski definition) is 0. The van der Waals surface area contributed by atoms with Crippen LogP contribution < -0.4 is 0 Å². The normalized spacial score (nSPS) is 28.4. The minimum atomic E-state index is 1.20. The number of piperazine rings is 2. The smallest absolute Gasteiger partial charge is 0.0912 e. The van der Waals surface area contributed by atoms with Gasteiger partial charge >= 0.3 is 0 Å². The number of likely N-dealkylation sites (N-methyl/N-ethyl adjacent to an activating group) is 2. The summed E-state index contributed by atoms with van der Waals surface area (Å²) in [5.74, 6) is 0. The van der Waals surface area contributed by atoms with Crippen molar-refractivity contribution in [3.63, 3.8) is 0 Å². The van der Waals surface area contributed by atoms with Gasteiger partial charge in [0.15, 0.2) is 0 Å². The molecule has 2 saturated heterocycles. The topological polar surface area (TPSA) is 9.72 Å². The largest absolute Gasteiger partial charge is 0.326 e. The highest BCUT2D eigenvalue weighted by molar-refractivity contribution is 4.71. The van der Waals surface area contributed by atoms with Crippen molar-refractivity contribution in [2.24, 2.45) is 0 Å². The monoisotopic (exact) mass is 241 g/mol. The molecule has 0 spiro atoms. The Hall–Kier alpha value is -0.160. The highest BCUT2D eigenvalue weighted by atomic mass is 15.4. The van der Waals surface area contributed by atoms with E-state index in [-0.39, 0.29) is 0 Å². The van der Waals surface area contributed by atoms with Gasteiger partial charge in [0.2, 0.25) is 0 Å². The Morgan fingerprint density at radius 3 is 1.76 bits per heavy atom. The van der Waals surface area contributed by atoms with Crippen LogP contribution in [0.1, 0.15) is 0 Å². The molecule has 0 radical (unpaired) electrons. The van der Waals surface area contributed by atoms with Gasteiger partial charge in [0.25, 0.3) is 0 Å². The molecule has 0 bridgehead atoms. The predicted octanol–water partition coefficient (Wildman–Crippen LogP) is -0.374. The standard InChI is InChI=1S/C13H29N4/c1-14-4-6-15(7-5-14)8-9-16-10-12-17(2,3)13-11-16/h4-13H2,1-3H3/q+1. The lowest BCUT2D eigenvalue weighted by molar-refractivity contribution is -0.894. The Morgan fingerprint density at radius 1 is 0.765 bits per heavy atom. The van der Waals surface area contributed by atoms with E-state index in [1.165, 1.54) is 69.9 Å². The summed E-state index contributed by atoms with van der Waals surface area (Å²) >= 11 is 0. The van der Waals surface area contributed by atoms with Crippen molar-refractivity contribution in [2.75, 3.05) is 86.6 Å². The SMILES string of the molecule is CN1CCN(CCN2CC[N+](C)(C)CC2)CC1. The van der Waals surface area contributed by atoms with E-state index in [4.69, 9.17) is 0 Å². The number of rotatable bonds is 3. The minimum absolute atomic E-state index is 1.20. The summed E-state index contributed by atoms with van der Waals surface area (Å²) in [4.78, 5) is 7.69. The molecule has 17 heavy (non-hydrogen) atoms. The molecule has 0 aromatic rings. The average molecular weight is 241 g/mol. The van der Waals surface area contributed by atoms with Crippen LogP contribution in [0.25, 0.3) is 0 Å². The van der Waals surface area contributed by atoms with Crippen LogP contribution in [0.4, 0.5) is 0 Å². The van der Waals surface area contributed by atoms with E-state index in [2.05, 4.69) is 35.8 Å². The summed E-state index contributed by atoms with van der Waals surface area (Å²) < 4.78 is 1.20. The van der Waals surface area contributed by atoms with Crippen molar-refractivity contribution in [2.45, 2.75) is 0 Å². The first-order valence-corrected chi connectivity index (χ1v) is 7.00. The Balaban J connectivity index is 1.63. The van der Waals surface area contributed by atoms with E-state index < -0.39 is 0 Å². The van der Waals surface area contributed by atoms with Crippen molar-refractivity contribution < 1.29 is 4.48 Å². The molecule has 0 atom stereocenters. The summed E-state index contributed by atoms with van der Waals surface area (Å²) in [6.45, 7) is 12.7.